The second-order valence-electron chi connectivity index (χ2n) is 28.5. The molecule has 124 heavy (non-hydrogen) atoms. The third-order valence-corrected chi connectivity index (χ3v) is 24.8. The fourth-order valence-electron chi connectivity index (χ4n) is 11.9. The number of carbonyl (C=O) groups is 1. The SMILES string of the molecule is [B]c1cn([C@H]2CC(OP(O)(=S)OCC3=C(OP(=O)(S)OCC4=C(OP(O)(=S)OC/C(OCC)=C(/CCn5cc(C)c(=O)[nH]c5=O)OP(=S)(OCCOCCOCCNC(=O)CC(C)(C)COCC(N)C(C)C)OCC5=C(C=C=C)C[C@H](n6ccc(N)nc6=O)O5)C[C@H](n5cnc6c(=O)[nH]c(N)nc65)O4)C[C@H](n4ccc(N)nc4=O)O3)=C(CO)O2)c(=O)[nH]c1=O. The number of rotatable bonds is 48. The molecule has 0 spiro atoms. The van der Waals surface area contributed by atoms with E-state index in [0.29, 0.717) is 18.8 Å². The molecule has 9 atom stereocenters. The molecule has 0 saturated carbocycles. The molecule has 10 heterocycles. The van der Waals surface area contributed by atoms with Gasteiger partial charge in [0, 0.05) is 110 Å². The molecule has 0 fully saturated rings. The van der Waals surface area contributed by atoms with E-state index in [1.165, 1.54) is 59.2 Å². The smallest absolute Gasteiger partial charge is 0.437 e. The number of hydrogen-bond donors (Lipinski definition) is 12. The summed E-state index contributed by atoms with van der Waals surface area (Å²) >= 11 is 21.5. The number of ether oxygens (including phenoxy) is 8. The minimum atomic E-state index is -4.88. The summed E-state index contributed by atoms with van der Waals surface area (Å²) in [5, 5.41) is 13.0. The van der Waals surface area contributed by atoms with E-state index in [1.807, 2.05) is 32.7 Å². The Labute approximate surface area is 726 Å². The molecule has 10 rings (SSSR count). The first-order valence-corrected chi connectivity index (χ1v) is 48.1. The Hall–Kier alpha value is -9.13. The van der Waals surface area contributed by atoms with E-state index in [9.17, 15) is 57.8 Å². The van der Waals surface area contributed by atoms with Crippen molar-refractivity contribution >= 4 is 123 Å². The molecule has 4 aliphatic heterocycles. The first-order chi connectivity index (χ1) is 58.6. The summed E-state index contributed by atoms with van der Waals surface area (Å²) in [6, 6.07) is 2.54. The molecule has 5 unspecified atom stereocenters. The van der Waals surface area contributed by atoms with E-state index in [0.717, 1.165) is 19.9 Å². The predicted molar refractivity (Wildman–Crippen MR) is 457 cm³/mol. The lowest BCUT2D eigenvalue weighted by molar-refractivity contribution is -0.124. The van der Waals surface area contributed by atoms with Gasteiger partial charge >= 0.3 is 49.7 Å². The Morgan fingerprint density at radius 3 is 1.94 bits per heavy atom. The predicted octanol–water partition coefficient (Wildman–Crippen LogP) is 2.53. The number of aryl methyl sites for hydroxylation is 2. The Morgan fingerprint density at radius 2 is 1.31 bits per heavy atom. The molecule has 4 aliphatic rings. The standard InChI is InChI=1S/C69H92BN17O29P4S4/c1-8-10-40-23-55(84-16-12-52(72)77-66(84)94)110-48(40)32-108-120(124,104-22-21-101-20-19-100-18-14-75-54(89)27-69(6,7)36-102-31-42(71)38(3)4)116-43(11-15-83-28-39(5)61(90)81-65(83)93)49(103-9-2)33-105-117(97,121)115-46-26-58(87-37-76-59-60(87)79-64(74)80-63(59)92)112-51(46)35-107-119(99,123)114-45-25-56(85-17-13-53(73)78-67(85)95)111-50(45)34-106-118(98,122)113-44-24-57(109-47(44)30-88)86-29-41(70)62(91)82-68(86)96/h10,12-13,16-17,28-29,37-38,42,55-58,88H,1,9,11,14-15,18-27,30-36,71H2,2-7H3,(H,75,89)(H,97,121)(H,98,122)(H,99,123)(H2,72,77,94)(H2,73,78,95)(H,81,90,93)(H,82,91,96)(H3,74,79,80,92)/b49-43+/t42?,55-,56-,57-,58-,117?,118?,119?,120?/m1/s1. The van der Waals surface area contributed by atoms with E-state index in [1.54, 1.807) is 6.92 Å². The summed E-state index contributed by atoms with van der Waals surface area (Å²) in [5.74, 6) is -2.94. The van der Waals surface area contributed by atoms with Crippen LogP contribution in [-0.2, 0) is 130 Å². The Morgan fingerprint density at radius 1 is 0.734 bits per heavy atom. The van der Waals surface area contributed by atoms with Gasteiger partial charge in [-0.3, -0.25) is 79.6 Å². The quantitative estimate of drug-likeness (QED) is 0.00652. The molecule has 0 aliphatic carbocycles. The number of aromatic amines is 3. The van der Waals surface area contributed by atoms with E-state index >= 15 is 0 Å². The molecule has 0 aromatic carbocycles. The van der Waals surface area contributed by atoms with Gasteiger partial charge in [-0.15, -0.1) is 5.73 Å². The number of hydrogen-bond acceptors (Lipinski definition) is 38. The summed E-state index contributed by atoms with van der Waals surface area (Å²) in [6.07, 6.45) is 1.32. The lowest BCUT2D eigenvalue weighted by Gasteiger charge is -2.26. The van der Waals surface area contributed by atoms with Crippen molar-refractivity contribution in [2.75, 3.05) is 110 Å². The van der Waals surface area contributed by atoms with Crippen molar-refractivity contribution in [3.8, 4) is 0 Å². The van der Waals surface area contributed by atoms with Crippen LogP contribution in [0.25, 0.3) is 11.2 Å². The number of aliphatic hydroxyl groups is 1. The first kappa shape index (κ1) is 97.1. The number of nitrogens with zero attached hydrogens (tertiary/aromatic N) is 9. The molecule has 2 radical (unpaired) electrons. The molecular formula is C69H92BN17O29P4S4. The van der Waals surface area contributed by atoms with Gasteiger partial charge in [-0.2, -0.15) is 15.0 Å². The van der Waals surface area contributed by atoms with Crippen LogP contribution in [0.15, 0.2) is 153 Å². The van der Waals surface area contributed by atoms with Crippen molar-refractivity contribution in [2.45, 2.75) is 118 Å². The third kappa shape index (κ3) is 27.0. The largest absolute Gasteiger partial charge is 0.492 e. The van der Waals surface area contributed by atoms with Crippen LogP contribution in [0.5, 0.6) is 0 Å². The molecule has 15 N–H and O–H groups in total. The van der Waals surface area contributed by atoms with Crippen molar-refractivity contribution < 1.29 is 103 Å². The summed E-state index contributed by atoms with van der Waals surface area (Å²) in [5.41, 5.74) is 20.1. The third-order valence-electron chi connectivity index (χ3n) is 18.1. The number of imidazole rings is 1. The van der Waals surface area contributed by atoms with Crippen LogP contribution < -0.4 is 73.2 Å². The molecule has 55 heteroatoms. The van der Waals surface area contributed by atoms with Gasteiger partial charge in [0.1, 0.15) is 70.4 Å². The van der Waals surface area contributed by atoms with Crippen LogP contribution in [0.2, 0.25) is 0 Å². The molecule has 0 bridgehead atoms. The van der Waals surface area contributed by atoms with E-state index in [-0.39, 0.29) is 188 Å². The fourth-order valence-corrected chi connectivity index (χ4v) is 17.5. The minimum Gasteiger partial charge on any atom is -0.492 e. The highest BCUT2D eigenvalue weighted by atomic mass is 32.7. The van der Waals surface area contributed by atoms with Gasteiger partial charge < -0.3 is 99.1 Å². The highest BCUT2D eigenvalue weighted by Crippen LogP contribution is 2.60. The second-order valence-corrected chi connectivity index (χ2v) is 39.8. The van der Waals surface area contributed by atoms with Gasteiger partial charge in [-0.05, 0) is 61.1 Å². The van der Waals surface area contributed by atoms with Crippen LogP contribution in [-0.4, -0.2) is 185 Å². The van der Waals surface area contributed by atoms with Crippen LogP contribution >= 0.6 is 39.2 Å². The highest BCUT2D eigenvalue weighted by Gasteiger charge is 2.41. The molecular weight excluding hydrogens is 1790 g/mol. The van der Waals surface area contributed by atoms with Crippen LogP contribution in [0.4, 0.5) is 17.6 Å². The minimum absolute atomic E-state index is 0.0339. The zero-order chi connectivity index (χ0) is 90.2. The maximum Gasteiger partial charge on any atom is 0.437 e. The van der Waals surface area contributed by atoms with E-state index in [2.05, 4.69) is 59.8 Å². The maximum absolute atomic E-state index is 14.7. The Balaban J connectivity index is 0.896. The van der Waals surface area contributed by atoms with Crippen LogP contribution in [0.3, 0.4) is 0 Å². The van der Waals surface area contributed by atoms with Crippen molar-refractivity contribution in [2.24, 2.45) is 17.1 Å². The van der Waals surface area contributed by atoms with Gasteiger partial charge in [-0.1, -0.05) is 34.3 Å². The van der Waals surface area contributed by atoms with Gasteiger partial charge in [0.2, 0.25) is 17.4 Å². The second kappa shape index (κ2) is 42.9. The normalized spacial score (nSPS) is 19.1. The maximum atomic E-state index is 14.7. The molecule has 6 aromatic rings. The van der Waals surface area contributed by atoms with E-state index in [4.69, 9.17) is 145 Å². The number of nitrogens with two attached hydrogens (primary N) is 4. The molecule has 1 amide bonds. The number of H-pyrrole nitrogens is 3. The molecule has 0 saturated heterocycles. The number of anilines is 3. The van der Waals surface area contributed by atoms with Crippen molar-refractivity contribution in [1.82, 2.24) is 63.0 Å². The lowest BCUT2D eigenvalue weighted by Crippen LogP contribution is -2.41. The van der Waals surface area contributed by atoms with Gasteiger partial charge in [0.25, 0.3) is 11.1 Å². The van der Waals surface area contributed by atoms with Crippen LogP contribution in [0, 0.1) is 18.3 Å². The van der Waals surface area contributed by atoms with Crippen molar-refractivity contribution in [3.63, 3.8) is 0 Å². The molecule has 6 aromatic heterocycles. The molecule has 674 valence electrons. The van der Waals surface area contributed by atoms with Crippen LogP contribution in [0.1, 0.15) is 104 Å². The monoisotopic (exact) mass is 1890 g/mol. The number of aliphatic hydroxyl groups excluding tert-OH is 1. The summed E-state index contributed by atoms with van der Waals surface area (Å²) in [6.45, 7) is -7.64. The van der Waals surface area contributed by atoms with Gasteiger partial charge in [-0.25, -0.2) is 28.7 Å². The summed E-state index contributed by atoms with van der Waals surface area (Å²) in [4.78, 5) is 149. The summed E-state index contributed by atoms with van der Waals surface area (Å²) in [7, 11) is 5.73. The number of amides is 1. The number of thiol groups is 1. The van der Waals surface area contributed by atoms with Crippen molar-refractivity contribution in [1.29, 1.82) is 0 Å². The number of allylic oxidation sites excluding steroid dienone is 2. The average molecular weight is 1890 g/mol. The topological polar surface area (TPSA) is 611 Å². The number of carbonyl (C=O) groups excluding carboxylic acids is 1. The molecule has 46 nitrogen and oxygen atoms in total. The number of fused-ring (bicyclic) bond motifs is 1. The van der Waals surface area contributed by atoms with Crippen molar-refractivity contribution in [3.05, 3.63) is 198 Å². The Bertz CT molecular complexity index is 5820. The first-order valence-electron chi connectivity index (χ1n) is 37.7. The van der Waals surface area contributed by atoms with Gasteiger partial charge in [0.05, 0.1) is 72.1 Å². The highest BCUT2D eigenvalue weighted by molar-refractivity contribution is 8.44. The Kier molecular flexibility index (Phi) is 33.6. The number of aromatic nitrogens is 12. The summed E-state index contributed by atoms with van der Waals surface area (Å²) < 4.78 is 123. The number of nitrogen functional groups attached to an aromatic ring is 3. The van der Waals surface area contributed by atoms with Gasteiger partial charge in [0.15, 0.2) is 76.4 Å². The fraction of sp³-hybridized carbons (Fsp3) is 0.493. The number of nitrogens with one attached hydrogen (secondary N) is 4. The van der Waals surface area contributed by atoms with E-state index < -0.39 is 143 Å². The zero-order valence-corrected chi connectivity index (χ0v) is 74.4. The zero-order valence-electron chi connectivity index (χ0n) is 67.5. The lowest BCUT2D eigenvalue weighted by atomic mass is 9.90. The average Bonchev–Trinajstić information content (AvgIpc) is 1.61.